The van der Waals surface area contributed by atoms with Gasteiger partial charge in [0.1, 0.15) is 0 Å². The van der Waals surface area contributed by atoms with E-state index in [1.54, 1.807) is 24.3 Å². The Morgan fingerprint density at radius 3 is 2.64 bits per heavy atom. The molecule has 3 nitrogen and oxygen atoms in total. The van der Waals surface area contributed by atoms with Gasteiger partial charge >= 0.3 is 8.25 Å². The molecule has 0 aliphatic rings. The van der Waals surface area contributed by atoms with E-state index in [1.807, 2.05) is 0 Å². The van der Waals surface area contributed by atoms with E-state index in [9.17, 15) is 4.57 Å². The molecule has 0 bridgehead atoms. The molecule has 0 saturated carbocycles. The minimum absolute atomic E-state index is 0.371. The van der Waals surface area contributed by atoms with Crippen LogP contribution in [-0.4, -0.2) is 4.89 Å². The zero-order chi connectivity index (χ0) is 8.27. The Labute approximate surface area is 73.1 Å². The molecular formula is C6H5BrO3P+. The first-order valence-corrected chi connectivity index (χ1v) is 4.71. The van der Waals surface area contributed by atoms with Gasteiger partial charge in [-0.15, -0.1) is 4.89 Å². The van der Waals surface area contributed by atoms with Crippen LogP contribution in [0.2, 0.25) is 0 Å². The molecular weight excluding hydrogens is 231 g/mol. The summed E-state index contributed by atoms with van der Waals surface area (Å²) in [6, 6.07) is 6.85. The zero-order valence-electron chi connectivity index (χ0n) is 5.40. The molecule has 1 unspecified atom stereocenters. The highest BCUT2D eigenvalue weighted by molar-refractivity contribution is 9.10. The molecule has 0 saturated heterocycles. The molecule has 0 amide bonds. The highest BCUT2D eigenvalue weighted by Crippen LogP contribution is 2.30. The Morgan fingerprint density at radius 2 is 2.09 bits per heavy atom. The molecule has 1 atom stereocenters. The van der Waals surface area contributed by atoms with E-state index >= 15 is 0 Å². The number of benzene rings is 1. The van der Waals surface area contributed by atoms with E-state index in [4.69, 9.17) is 4.89 Å². The summed E-state index contributed by atoms with van der Waals surface area (Å²) in [5, 5.41) is 0. The van der Waals surface area contributed by atoms with Crippen LogP contribution in [0.5, 0.6) is 5.75 Å². The van der Waals surface area contributed by atoms with Crippen molar-refractivity contribution in [3.05, 3.63) is 28.7 Å². The third-order valence-corrected chi connectivity index (χ3v) is 2.02. The average Bonchev–Trinajstić information content (AvgIpc) is 1.93. The van der Waals surface area contributed by atoms with Crippen LogP contribution in [0, 0.1) is 0 Å². The maximum atomic E-state index is 10.2. The Morgan fingerprint density at radius 1 is 1.45 bits per heavy atom. The van der Waals surface area contributed by atoms with Gasteiger partial charge in [-0.3, -0.25) is 0 Å². The first-order valence-electron chi connectivity index (χ1n) is 2.79. The van der Waals surface area contributed by atoms with Crippen LogP contribution in [0.25, 0.3) is 0 Å². The summed E-state index contributed by atoms with van der Waals surface area (Å²) in [6.07, 6.45) is 0. The SMILES string of the molecule is O=[P+](O)Oc1ccccc1Br. The first kappa shape index (κ1) is 8.65. The minimum Gasteiger partial charge on any atom is -0.228 e. The topological polar surface area (TPSA) is 46.5 Å². The fourth-order valence-electron chi connectivity index (χ4n) is 0.603. The van der Waals surface area contributed by atoms with Crippen molar-refractivity contribution in [2.24, 2.45) is 0 Å². The summed E-state index contributed by atoms with van der Waals surface area (Å²) in [5.41, 5.74) is 0. The first-order chi connectivity index (χ1) is 5.20. The number of hydrogen-bond donors (Lipinski definition) is 1. The fraction of sp³-hybridized carbons (Fsp3) is 0. The Hall–Kier alpha value is -0.440. The second-order valence-electron chi connectivity index (χ2n) is 1.76. The van der Waals surface area contributed by atoms with Crippen LogP contribution in [0.4, 0.5) is 0 Å². The van der Waals surface area contributed by atoms with Crippen LogP contribution in [0.1, 0.15) is 0 Å². The van der Waals surface area contributed by atoms with E-state index in [0.717, 1.165) is 0 Å². The molecule has 0 heterocycles. The molecule has 0 radical (unpaired) electrons. The van der Waals surface area contributed by atoms with E-state index in [-0.39, 0.29) is 0 Å². The third kappa shape index (κ3) is 2.58. The van der Waals surface area contributed by atoms with Crippen molar-refractivity contribution in [2.45, 2.75) is 0 Å². The Bertz CT molecular complexity index is 276. The molecule has 58 valence electrons. The lowest BCUT2D eigenvalue weighted by Gasteiger charge is -1.92. The van der Waals surface area contributed by atoms with Crippen LogP contribution >= 0.6 is 24.2 Å². The van der Waals surface area contributed by atoms with Crippen molar-refractivity contribution in [1.82, 2.24) is 0 Å². The highest BCUT2D eigenvalue weighted by atomic mass is 79.9. The van der Waals surface area contributed by atoms with Crippen molar-refractivity contribution in [3.8, 4) is 5.75 Å². The second-order valence-corrected chi connectivity index (χ2v) is 3.27. The Balaban J connectivity index is 2.86. The summed E-state index contributed by atoms with van der Waals surface area (Å²) in [5.74, 6) is 0.371. The second kappa shape index (κ2) is 3.81. The van der Waals surface area contributed by atoms with Gasteiger partial charge in [-0.05, 0) is 28.1 Å². The molecule has 0 aromatic heterocycles. The molecule has 1 rings (SSSR count). The largest absolute Gasteiger partial charge is 0.747 e. The van der Waals surface area contributed by atoms with E-state index in [1.165, 1.54) is 0 Å². The smallest absolute Gasteiger partial charge is 0.228 e. The van der Waals surface area contributed by atoms with Crippen LogP contribution < -0.4 is 4.52 Å². The normalized spacial score (nSPS) is 10.9. The van der Waals surface area contributed by atoms with Gasteiger partial charge in [0.2, 0.25) is 5.75 Å². The molecule has 0 fully saturated rings. The molecule has 5 heteroatoms. The van der Waals surface area contributed by atoms with Gasteiger partial charge in [-0.2, -0.15) is 0 Å². The molecule has 1 N–H and O–H groups in total. The summed E-state index contributed by atoms with van der Waals surface area (Å²) < 4.78 is 15.5. The van der Waals surface area contributed by atoms with Gasteiger partial charge in [-0.1, -0.05) is 12.1 Å². The van der Waals surface area contributed by atoms with E-state index < -0.39 is 8.25 Å². The molecule has 1 aromatic rings. The lowest BCUT2D eigenvalue weighted by Crippen LogP contribution is -1.80. The number of hydrogen-bond acceptors (Lipinski definition) is 2. The minimum atomic E-state index is -2.57. The molecule has 0 aliphatic carbocycles. The molecule has 11 heavy (non-hydrogen) atoms. The number of rotatable bonds is 2. The number of halogens is 1. The maximum Gasteiger partial charge on any atom is 0.747 e. The average molecular weight is 236 g/mol. The van der Waals surface area contributed by atoms with Gasteiger partial charge in [-0.25, -0.2) is 4.52 Å². The lowest BCUT2D eigenvalue weighted by atomic mass is 10.3. The quantitative estimate of drug-likeness (QED) is 0.802. The van der Waals surface area contributed by atoms with Crippen LogP contribution in [0.15, 0.2) is 28.7 Å². The monoisotopic (exact) mass is 235 g/mol. The third-order valence-electron chi connectivity index (χ3n) is 1.01. The maximum absolute atomic E-state index is 10.2. The summed E-state index contributed by atoms with van der Waals surface area (Å²) >= 11 is 3.16. The summed E-state index contributed by atoms with van der Waals surface area (Å²) in [6.45, 7) is 0. The van der Waals surface area contributed by atoms with Gasteiger partial charge in [0.15, 0.2) is 0 Å². The highest BCUT2D eigenvalue weighted by Gasteiger charge is 2.15. The van der Waals surface area contributed by atoms with E-state index in [0.29, 0.717) is 10.2 Å². The Kier molecular flexibility index (Phi) is 3.00. The van der Waals surface area contributed by atoms with Gasteiger partial charge in [0.25, 0.3) is 0 Å². The van der Waals surface area contributed by atoms with Gasteiger partial charge in [0.05, 0.1) is 4.47 Å². The predicted octanol–water partition coefficient (Wildman–Crippen LogP) is 2.48. The predicted molar refractivity (Wildman–Crippen MR) is 44.6 cm³/mol. The molecule has 1 aromatic carbocycles. The van der Waals surface area contributed by atoms with Crippen molar-refractivity contribution >= 4 is 24.2 Å². The van der Waals surface area contributed by atoms with Crippen molar-refractivity contribution < 1.29 is 14.0 Å². The lowest BCUT2D eigenvalue weighted by molar-refractivity contribution is 0.409. The standard InChI is InChI=1S/C6H4BrO3P/c7-5-3-1-2-4-6(5)10-11(8)9/h1-4H/p+1. The summed E-state index contributed by atoms with van der Waals surface area (Å²) in [7, 11) is -2.57. The van der Waals surface area contributed by atoms with Crippen LogP contribution in [-0.2, 0) is 4.57 Å². The van der Waals surface area contributed by atoms with Crippen LogP contribution in [0.3, 0.4) is 0 Å². The zero-order valence-corrected chi connectivity index (χ0v) is 7.88. The number of para-hydroxylation sites is 1. The van der Waals surface area contributed by atoms with E-state index in [2.05, 4.69) is 20.5 Å². The summed E-state index contributed by atoms with van der Waals surface area (Å²) in [4.78, 5) is 8.40. The van der Waals surface area contributed by atoms with Crippen molar-refractivity contribution in [3.63, 3.8) is 0 Å². The van der Waals surface area contributed by atoms with Gasteiger partial charge < -0.3 is 0 Å². The fourth-order valence-corrected chi connectivity index (χ4v) is 1.42. The van der Waals surface area contributed by atoms with Crippen molar-refractivity contribution in [1.29, 1.82) is 0 Å². The molecule has 0 aliphatic heterocycles. The van der Waals surface area contributed by atoms with Crippen molar-refractivity contribution in [2.75, 3.05) is 0 Å². The van der Waals surface area contributed by atoms with Gasteiger partial charge in [0, 0.05) is 4.57 Å². The molecule has 0 spiro atoms.